The van der Waals surface area contributed by atoms with Crippen molar-refractivity contribution in [3.63, 3.8) is 0 Å². The summed E-state index contributed by atoms with van der Waals surface area (Å²) in [5.41, 5.74) is 2.46. The average molecular weight is 324 g/mol. The zero-order valence-electron chi connectivity index (χ0n) is 12.5. The highest BCUT2D eigenvalue weighted by Gasteiger charge is 2.26. The molecule has 0 saturated carbocycles. The molecule has 3 aromatic rings. The van der Waals surface area contributed by atoms with Gasteiger partial charge in [-0.05, 0) is 22.8 Å². The first-order valence-electron chi connectivity index (χ1n) is 7.33. The van der Waals surface area contributed by atoms with E-state index in [-0.39, 0.29) is 6.61 Å². The van der Waals surface area contributed by atoms with Crippen LogP contribution in [0.25, 0.3) is 11.1 Å². The predicted octanol–water partition coefficient (Wildman–Crippen LogP) is 4.38. The number of hydrogen-bond donors (Lipinski definition) is 1. The summed E-state index contributed by atoms with van der Waals surface area (Å²) >= 11 is 0. The molecule has 0 bridgehead atoms. The summed E-state index contributed by atoms with van der Waals surface area (Å²) in [6.45, 7) is 0.0950. The van der Waals surface area contributed by atoms with Gasteiger partial charge in [0.15, 0.2) is 0 Å². The Balaban J connectivity index is 1.90. The summed E-state index contributed by atoms with van der Waals surface area (Å²) in [6.07, 6.45) is 0. The van der Waals surface area contributed by atoms with Crippen LogP contribution in [0.15, 0.2) is 84.9 Å². The molecular formula is C19H17O3P. The van der Waals surface area contributed by atoms with Crippen LogP contribution >= 0.6 is 7.60 Å². The molecule has 0 saturated heterocycles. The second-order valence-corrected chi connectivity index (χ2v) is 6.94. The molecular weight excluding hydrogens is 307 g/mol. The van der Waals surface area contributed by atoms with Crippen LogP contribution < -0.4 is 5.30 Å². The first-order chi connectivity index (χ1) is 11.2. The van der Waals surface area contributed by atoms with Gasteiger partial charge in [0.2, 0.25) is 0 Å². The molecule has 0 aliphatic heterocycles. The monoisotopic (exact) mass is 324 g/mol. The van der Waals surface area contributed by atoms with Crippen LogP contribution in [-0.4, -0.2) is 4.89 Å². The van der Waals surface area contributed by atoms with E-state index >= 15 is 0 Å². The summed E-state index contributed by atoms with van der Waals surface area (Å²) in [7, 11) is -3.91. The zero-order chi connectivity index (χ0) is 16.1. The van der Waals surface area contributed by atoms with Crippen molar-refractivity contribution in [2.24, 2.45) is 0 Å². The minimum absolute atomic E-state index is 0.0950. The normalized spacial score (nSPS) is 13.4. The molecule has 4 heteroatoms. The molecule has 3 aromatic carbocycles. The molecule has 0 fully saturated rings. The van der Waals surface area contributed by atoms with Crippen molar-refractivity contribution in [2.75, 3.05) is 0 Å². The lowest BCUT2D eigenvalue weighted by Crippen LogP contribution is -2.10. The van der Waals surface area contributed by atoms with Gasteiger partial charge in [0.1, 0.15) is 0 Å². The Morgan fingerprint density at radius 2 is 1.35 bits per heavy atom. The zero-order valence-corrected chi connectivity index (χ0v) is 13.4. The fraction of sp³-hybridized carbons (Fsp3) is 0.0526. The third-order valence-corrected chi connectivity index (χ3v) is 5.02. The Labute approximate surface area is 135 Å². The van der Waals surface area contributed by atoms with E-state index in [1.807, 2.05) is 72.8 Å². The fourth-order valence-electron chi connectivity index (χ4n) is 2.39. The maximum Gasteiger partial charge on any atom is 0.359 e. The molecule has 1 N–H and O–H groups in total. The minimum atomic E-state index is -3.91. The van der Waals surface area contributed by atoms with E-state index in [0.29, 0.717) is 10.9 Å². The number of hydrogen-bond acceptors (Lipinski definition) is 2. The largest absolute Gasteiger partial charge is 0.359 e. The van der Waals surface area contributed by atoms with Crippen molar-refractivity contribution >= 4 is 12.9 Å². The molecule has 0 aliphatic rings. The van der Waals surface area contributed by atoms with Gasteiger partial charge in [-0.1, -0.05) is 78.9 Å². The highest BCUT2D eigenvalue weighted by atomic mass is 31.2. The van der Waals surface area contributed by atoms with Crippen LogP contribution in [-0.2, 0) is 15.7 Å². The quantitative estimate of drug-likeness (QED) is 0.708. The molecule has 3 nitrogen and oxygen atoms in total. The Hall–Kier alpha value is -2.19. The van der Waals surface area contributed by atoms with Crippen molar-refractivity contribution in [1.29, 1.82) is 0 Å². The first kappa shape index (κ1) is 15.7. The molecule has 116 valence electrons. The van der Waals surface area contributed by atoms with Gasteiger partial charge in [0, 0.05) is 0 Å². The molecule has 0 aromatic heterocycles. The third-order valence-electron chi connectivity index (χ3n) is 3.54. The third kappa shape index (κ3) is 3.77. The van der Waals surface area contributed by atoms with Crippen LogP contribution in [0.2, 0.25) is 0 Å². The van der Waals surface area contributed by atoms with E-state index in [0.717, 1.165) is 11.1 Å². The van der Waals surface area contributed by atoms with E-state index in [4.69, 9.17) is 4.52 Å². The molecule has 0 radical (unpaired) electrons. The van der Waals surface area contributed by atoms with E-state index in [1.165, 1.54) is 0 Å². The lowest BCUT2D eigenvalue weighted by Gasteiger charge is -2.16. The average Bonchev–Trinajstić information content (AvgIpc) is 2.62. The van der Waals surface area contributed by atoms with Gasteiger partial charge in [-0.25, -0.2) is 0 Å². The van der Waals surface area contributed by atoms with Gasteiger partial charge in [0.05, 0.1) is 11.9 Å². The maximum atomic E-state index is 12.7. The maximum absolute atomic E-state index is 12.7. The molecule has 3 rings (SSSR count). The minimum Gasteiger partial charge on any atom is -0.321 e. The Morgan fingerprint density at radius 1 is 0.783 bits per heavy atom. The lowest BCUT2D eigenvalue weighted by atomic mass is 10.1. The Kier molecular flexibility index (Phi) is 4.73. The fourth-order valence-corrected chi connectivity index (χ4v) is 3.63. The van der Waals surface area contributed by atoms with Crippen molar-refractivity contribution in [1.82, 2.24) is 0 Å². The molecule has 1 unspecified atom stereocenters. The molecule has 1 atom stereocenters. The summed E-state index contributed by atoms with van der Waals surface area (Å²) in [4.78, 5) is 10.4. The van der Waals surface area contributed by atoms with Crippen molar-refractivity contribution in [3.05, 3.63) is 90.5 Å². The second-order valence-electron chi connectivity index (χ2n) is 5.16. The highest BCUT2D eigenvalue weighted by Crippen LogP contribution is 2.44. The summed E-state index contributed by atoms with van der Waals surface area (Å²) in [5, 5.41) is 0.321. The SMILES string of the molecule is O=P(O)(OCc1ccccc1)c1ccccc1-c1ccccc1. The summed E-state index contributed by atoms with van der Waals surface area (Å²) in [6, 6.07) is 26.0. The van der Waals surface area contributed by atoms with E-state index < -0.39 is 7.60 Å². The summed E-state index contributed by atoms with van der Waals surface area (Å²) < 4.78 is 18.1. The van der Waals surface area contributed by atoms with Crippen LogP contribution in [0.3, 0.4) is 0 Å². The van der Waals surface area contributed by atoms with Gasteiger partial charge in [-0.15, -0.1) is 0 Å². The molecule has 0 heterocycles. The second kappa shape index (κ2) is 6.93. The van der Waals surface area contributed by atoms with Gasteiger partial charge in [-0.2, -0.15) is 0 Å². The predicted molar refractivity (Wildman–Crippen MR) is 92.6 cm³/mol. The van der Waals surface area contributed by atoms with Crippen LogP contribution in [0.4, 0.5) is 0 Å². The Morgan fingerprint density at radius 3 is 2.04 bits per heavy atom. The van der Waals surface area contributed by atoms with Gasteiger partial charge in [-0.3, -0.25) is 4.57 Å². The standard InChI is InChI=1S/C19H17O3P/c20-23(21,22-15-16-9-3-1-4-10-16)19-14-8-7-13-18(19)17-11-5-2-6-12-17/h1-14H,15H2,(H,20,21). The van der Waals surface area contributed by atoms with Crippen LogP contribution in [0.1, 0.15) is 5.56 Å². The van der Waals surface area contributed by atoms with Gasteiger partial charge < -0.3 is 9.42 Å². The van der Waals surface area contributed by atoms with E-state index in [2.05, 4.69) is 0 Å². The van der Waals surface area contributed by atoms with Gasteiger partial charge in [0.25, 0.3) is 0 Å². The van der Waals surface area contributed by atoms with Crippen molar-refractivity contribution < 1.29 is 14.0 Å². The van der Waals surface area contributed by atoms with Crippen molar-refractivity contribution in [2.45, 2.75) is 6.61 Å². The molecule has 0 aliphatic carbocycles. The van der Waals surface area contributed by atoms with Crippen molar-refractivity contribution in [3.8, 4) is 11.1 Å². The van der Waals surface area contributed by atoms with E-state index in [9.17, 15) is 9.46 Å². The molecule has 23 heavy (non-hydrogen) atoms. The topological polar surface area (TPSA) is 46.5 Å². The van der Waals surface area contributed by atoms with E-state index in [1.54, 1.807) is 12.1 Å². The van der Waals surface area contributed by atoms with Crippen LogP contribution in [0, 0.1) is 0 Å². The first-order valence-corrected chi connectivity index (χ1v) is 8.91. The lowest BCUT2D eigenvalue weighted by molar-refractivity contribution is 0.260. The summed E-state index contributed by atoms with van der Waals surface area (Å²) in [5.74, 6) is 0. The van der Waals surface area contributed by atoms with Gasteiger partial charge >= 0.3 is 7.60 Å². The smallest absolute Gasteiger partial charge is 0.321 e. The Bertz CT molecular complexity index is 816. The number of benzene rings is 3. The molecule has 0 spiro atoms. The van der Waals surface area contributed by atoms with Crippen LogP contribution in [0.5, 0.6) is 0 Å². The number of rotatable bonds is 5. The highest BCUT2D eigenvalue weighted by molar-refractivity contribution is 7.61. The molecule has 0 amide bonds.